The predicted octanol–water partition coefficient (Wildman–Crippen LogP) is 6.13. The minimum Gasteiger partial charge on any atom is -0.489 e. The van der Waals surface area contributed by atoms with Gasteiger partial charge >= 0.3 is 0 Å². The van der Waals surface area contributed by atoms with Crippen LogP contribution in [0, 0.1) is 13.8 Å². The van der Waals surface area contributed by atoms with Crippen LogP contribution in [0.4, 0.5) is 5.69 Å². The molecule has 1 heterocycles. The molecule has 2 N–H and O–H groups in total. The summed E-state index contributed by atoms with van der Waals surface area (Å²) in [7, 11) is 0. The van der Waals surface area contributed by atoms with E-state index in [2.05, 4.69) is 55.7 Å². The van der Waals surface area contributed by atoms with Crippen molar-refractivity contribution in [2.24, 2.45) is 5.10 Å². The molecule has 0 atom stereocenters. The Labute approximate surface area is 200 Å². The van der Waals surface area contributed by atoms with Gasteiger partial charge in [-0.3, -0.25) is 5.43 Å². The summed E-state index contributed by atoms with van der Waals surface area (Å²) in [5, 5.41) is 8.23. The Morgan fingerprint density at radius 1 is 1.06 bits per heavy atom. The molecule has 0 saturated heterocycles. The van der Waals surface area contributed by atoms with Crippen LogP contribution in [0.2, 0.25) is 0 Å². The van der Waals surface area contributed by atoms with E-state index in [0.29, 0.717) is 18.1 Å². The monoisotopic (exact) mass is 459 g/mol. The van der Waals surface area contributed by atoms with Crippen molar-refractivity contribution in [3.63, 3.8) is 0 Å². The molecule has 3 aromatic rings. The number of anilines is 1. The standard InChI is InChI=1S/C27H29N3O2S/c1-18-9-11-21(12-10-18)28-26(33)30-29-24-16-27(3,4)32-25-14-13-22(15-23(24)25)31-17-20-8-6-5-7-19(20)2/h5-15H,16-17H2,1-4H3,(H2,28,30,33)/b29-24+. The van der Waals surface area contributed by atoms with Crippen LogP contribution >= 0.6 is 12.2 Å². The maximum Gasteiger partial charge on any atom is 0.191 e. The molecular formula is C27H29N3O2S. The van der Waals surface area contributed by atoms with E-state index in [1.54, 1.807) is 0 Å². The van der Waals surface area contributed by atoms with Gasteiger partial charge in [0.15, 0.2) is 5.11 Å². The molecule has 5 nitrogen and oxygen atoms in total. The molecule has 0 saturated carbocycles. The van der Waals surface area contributed by atoms with Crippen LogP contribution in [-0.4, -0.2) is 16.4 Å². The van der Waals surface area contributed by atoms with Crippen molar-refractivity contribution in [2.45, 2.75) is 46.3 Å². The first-order valence-corrected chi connectivity index (χ1v) is 11.4. The highest BCUT2D eigenvalue weighted by atomic mass is 32.1. The van der Waals surface area contributed by atoms with E-state index in [1.807, 2.05) is 54.6 Å². The Kier molecular flexibility index (Phi) is 6.65. The third kappa shape index (κ3) is 5.90. The molecule has 0 spiro atoms. The highest BCUT2D eigenvalue weighted by Gasteiger charge is 2.31. The van der Waals surface area contributed by atoms with Crippen molar-refractivity contribution >= 4 is 28.7 Å². The Bertz CT molecular complexity index is 1190. The SMILES string of the molecule is Cc1ccc(NC(=S)N/N=C2\CC(C)(C)Oc3ccc(OCc4ccccc4C)cc32)cc1. The first-order valence-electron chi connectivity index (χ1n) is 11.0. The Hall–Kier alpha value is -3.38. The van der Waals surface area contributed by atoms with E-state index in [0.717, 1.165) is 34.0 Å². The molecule has 170 valence electrons. The lowest BCUT2D eigenvalue weighted by molar-refractivity contribution is 0.111. The average Bonchev–Trinajstić information content (AvgIpc) is 2.78. The summed E-state index contributed by atoms with van der Waals surface area (Å²) >= 11 is 5.44. The number of hydrogen-bond acceptors (Lipinski definition) is 4. The molecular weight excluding hydrogens is 430 g/mol. The van der Waals surface area contributed by atoms with Crippen LogP contribution < -0.4 is 20.2 Å². The number of ether oxygens (including phenoxy) is 2. The zero-order chi connectivity index (χ0) is 23.4. The van der Waals surface area contributed by atoms with Gasteiger partial charge in [0.25, 0.3) is 0 Å². The van der Waals surface area contributed by atoms with Gasteiger partial charge in [-0.25, -0.2) is 0 Å². The highest BCUT2D eigenvalue weighted by Crippen LogP contribution is 2.35. The maximum absolute atomic E-state index is 6.19. The maximum atomic E-state index is 6.19. The average molecular weight is 460 g/mol. The van der Waals surface area contributed by atoms with Crippen molar-refractivity contribution < 1.29 is 9.47 Å². The molecule has 1 aliphatic rings. The Morgan fingerprint density at radius 2 is 1.82 bits per heavy atom. The zero-order valence-electron chi connectivity index (χ0n) is 19.4. The van der Waals surface area contributed by atoms with Crippen molar-refractivity contribution in [2.75, 3.05) is 5.32 Å². The lowest BCUT2D eigenvalue weighted by Gasteiger charge is -2.33. The van der Waals surface area contributed by atoms with Crippen LogP contribution in [0.5, 0.6) is 11.5 Å². The van der Waals surface area contributed by atoms with E-state index >= 15 is 0 Å². The van der Waals surface area contributed by atoms with Crippen LogP contribution in [-0.2, 0) is 6.61 Å². The van der Waals surface area contributed by atoms with Gasteiger partial charge in [-0.05, 0) is 81.4 Å². The second kappa shape index (κ2) is 9.63. The summed E-state index contributed by atoms with van der Waals surface area (Å²) in [5.41, 5.74) is 8.88. The minimum atomic E-state index is -0.372. The number of fused-ring (bicyclic) bond motifs is 1. The van der Waals surface area contributed by atoms with Gasteiger partial charge in [0.2, 0.25) is 0 Å². The van der Waals surface area contributed by atoms with E-state index in [1.165, 1.54) is 11.1 Å². The fraction of sp³-hybridized carbons (Fsp3) is 0.259. The first-order chi connectivity index (χ1) is 15.8. The van der Waals surface area contributed by atoms with Crippen molar-refractivity contribution in [1.29, 1.82) is 0 Å². The van der Waals surface area contributed by atoms with E-state index in [4.69, 9.17) is 21.7 Å². The third-order valence-electron chi connectivity index (χ3n) is 5.50. The van der Waals surface area contributed by atoms with Gasteiger partial charge < -0.3 is 14.8 Å². The van der Waals surface area contributed by atoms with Crippen LogP contribution in [0.15, 0.2) is 71.8 Å². The minimum absolute atomic E-state index is 0.372. The number of benzene rings is 3. The number of hydrogen-bond donors (Lipinski definition) is 2. The zero-order valence-corrected chi connectivity index (χ0v) is 20.3. The van der Waals surface area contributed by atoms with Gasteiger partial charge in [0.05, 0.1) is 5.71 Å². The molecule has 1 aliphatic heterocycles. The summed E-state index contributed by atoms with van der Waals surface area (Å²) < 4.78 is 12.3. The normalized spacial score (nSPS) is 15.3. The van der Waals surface area contributed by atoms with E-state index in [9.17, 15) is 0 Å². The second-order valence-electron chi connectivity index (χ2n) is 8.90. The smallest absolute Gasteiger partial charge is 0.191 e. The summed E-state index contributed by atoms with van der Waals surface area (Å²) in [5.74, 6) is 1.56. The summed E-state index contributed by atoms with van der Waals surface area (Å²) in [6, 6.07) is 22.1. The highest BCUT2D eigenvalue weighted by molar-refractivity contribution is 7.80. The Balaban J connectivity index is 1.51. The molecule has 0 unspecified atom stereocenters. The number of hydrazone groups is 1. The van der Waals surface area contributed by atoms with Gasteiger partial charge in [0.1, 0.15) is 23.7 Å². The lowest BCUT2D eigenvalue weighted by atomic mass is 9.92. The second-order valence-corrected chi connectivity index (χ2v) is 9.31. The largest absolute Gasteiger partial charge is 0.489 e. The number of nitrogens with one attached hydrogen (secondary N) is 2. The molecule has 3 aromatic carbocycles. The summed E-state index contributed by atoms with van der Waals surface area (Å²) in [6.45, 7) is 8.75. The molecule has 0 amide bonds. The van der Waals surface area contributed by atoms with Gasteiger partial charge in [-0.15, -0.1) is 0 Å². The molecule has 0 aromatic heterocycles. The molecule has 4 rings (SSSR count). The van der Waals surface area contributed by atoms with Crippen LogP contribution in [0.25, 0.3) is 0 Å². The van der Waals surface area contributed by atoms with Crippen molar-refractivity contribution in [1.82, 2.24) is 5.43 Å². The fourth-order valence-electron chi connectivity index (χ4n) is 3.69. The first kappa shape index (κ1) is 22.8. The number of rotatable bonds is 5. The molecule has 33 heavy (non-hydrogen) atoms. The summed E-state index contributed by atoms with van der Waals surface area (Å²) in [4.78, 5) is 0. The molecule has 6 heteroatoms. The predicted molar refractivity (Wildman–Crippen MR) is 138 cm³/mol. The molecule has 0 aliphatic carbocycles. The van der Waals surface area contributed by atoms with Crippen molar-refractivity contribution in [3.05, 3.63) is 89.0 Å². The van der Waals surface area contributed by atoms with Crippen LogP contribution in [0.3, 0.4) is 0 Å². The number of aryl methyl sites for hydroxylation is 2. The van der Waals surface area contributed by atoms with Gasteiger partial charge in [-0.1, -0.05) is 42.0 Å². The lowest BCUT2D eigenvalue weighted by Crippen LogP contribution is -2.37. The molecule has 0 fully saturated rings. The fourth-order valence-corrected chi connectivity index (χ4v) is 3.86. The van der Waals surface area contributed by atoms with Gasteiger partial charge in [0, 0.05) is 17.7 Å². The van der Waals surface area contributed by atoms with E-state index in [-0.39, 0.29) is 5.60 Å². The topological polar surface area (TPSA) is 54.9 Å². The van der Waals surface area contributed by atoms with E-state index < -0.39 is 0 Å². The molecule has 0 bridgehead atoms. The molecule has 0 radical (unpaired) electrons. The Morgan fingerprint density at radius 3 is 2.58 bits per heavy atom. The quantitative estimate of drug-likeness (QED) is 0.355. The van der Waals surface area contributed by atoms with Crippen molar-refractivity contribution in [3.8, 4) is 11.5 Å². The summed E-state index contributed by atoms with van der Waals surface area (Å²) in [6.07, 6.45) is 0.640. The van der Waals surface area contributed by atoms with Crippen LogP contribution in [0.1, 0.15) is 42.5 Å². The number of thiocarbonyl (C=S) groups is 1. The number of nitrogens with zero attached hydrogens (tertiary/aromatic N) is 1. The third-order valence-corrected chi connectivity index (χ3v) is 5.69. The van der Waals surface area contributed by atoms with Gasteiger partial charge in [-0.2, -0.15) is 5.10 Å².